The van der Waals surface area contributed by atoms with Crippen molar-refractivity contribution in [2.75, 3.05) is 0 Å². The topological polar surface area (TPSA) is 117 Å². The summed E-state index contributed by atoms with van der Waals surface area (Å²) in [5, 5.41) is -0.628. The average Bonchev–Trinajstić information content (AvgIpc) is 2.87. The summed E-state index contributed by atoms with van der Waals surface area (Å²) in [5.74, 6) is 0. The molecule has 10 heteroatoms. The van der Waals surface area contributed by atoms with E-state index in [-0.39, 0.29) is 15.9 Å². The highest BCUT2D eigenvalue weighted by atomic mass is 79.9. The van der Waals surface area contributed by atoms with Gasteiger partial charge in [0.1, 0.15) is 15.1 Å². The van der Waals surface area contributed by atoms with Gasteiger partial charge in [0, 0.05) is 5.39 Å². The van der Waals surface area contributed by atoms with Crippen molar-refractivity contribution in [1.29, 1.82) is 0 Å². The molecule has 3 rings (SSSR count). The molecular weight excluding hydrogens is 408 g/mol. The smallest absolute Gasteiger partial charge is 0.298 e. The highest BCUT2D eigenvalue weighted by Gasteiger charge is 2.32. The molecule has 0 atom stereocenters. The third-order valence-electron chi connectivity index (χ3n) is 3.12. The maximum atomic E-state index is 12.7. The molecule has 2 aromatic heterocycles. The second kappa shape index (κ2) is 5.41. The van der Waals surface area contributed by atoms with Gasteiger partial charge in [0.2, 0.25) is 9.84 Å². The number of pyridine rings is 1. The SMILES string of the molecule is O=S(=O)(O)c1c(S(=O)(=O)c2ccccc2)[nH]c2nc(Br)ccc12. The van der Waals surface area contributed by atoms with Gasteiger partial charge in [-0.3, -0.25) is 4.55 Å². The highest BCUT2D eigenvalue weighted by molar-refractivity contribution is 9.10. The fraction of sp³-hybridized carbons (Fsp3) is 0. The molecule has 3 aromatic rings. The average molecular weight is 417 g/mol. The van der Waals surface area contributed by atoms with Crippen molar-refractivity contribution in [3.63, 3.8) is 0 Å². The molecule has 0 spiro atoms. The standard InChI is InChI=1S/C13H9BrN2O5S2/c14-10-7-6-9-11(23(19,20)21)13(16-12(9)15-10)22(17,18)8-4-2-1-3-5-8/h1-7H,(H,15,16)(H,19,20,21). The molecule has 0 aliphatic rings. The number of nitrogens with one attached hydrogen (secondary N) is 1. The summed E-state index contributed by atoms with van der Waals surface area (Å²) in [5.41, 5.74) is 0.0292. The molecular formula is C13H9BrN2O5S2. The van der Waals surface area contributed by atoms with Gasteiger partial charge in [-0.1, -0.05) is 18.2 Å². The molecule has 0 aliphatic carbocycles. The van der Waals surface area contributed by atoms with Gasteiger partial charge < -0.3 is 4.98 Å². The van der Waals surface area contributed by atoms with Crippen LogP contribution in [0.4, 0.5) is 0 Å². The number of sulfone groups is 1. The Morgan fingerprint density at radius 1 is 1.00 bits per heavy atom. The van der Waals surface area contributed by atoms with Crippen molar-refractivity contribution >= 4 is 46.9 Å². The van der Waals surface area contributed by atoms with E-state index in [1.165, 1.54) is 36.4 Å². The summed E-state index contributed by atoms with van der Waals surface area (Å²) >= 11 is 3.12. The normalized spacial score (nSPS) is 12.6. The van der Waals surface area contributed by atoms with E-state index >= 15 is 0 Å². The maximum absolute atomic E-state index is 12.7. The van der Waals surface area contributed by atoms with Gasteiger partial charge in [-0.05, 0) is 40.2 Å². The monoisotopic (exact) mass is 416 g/mol. The number of aromatic amines is 1. The number of rotatable bonds is 3. The molecule has 0 amide bonds. The van der Waals surface area contributed by atoms with Crippen LogP contribution in [0, 0.1) is 0 Å². The van der Waals surface area contributed by atoms with Crippen LogP contribution in [-0.2, 0) is 20.0 Å². The van der Waals surface area contributed by atoms with E-state index in [2.05, 4.69) is 25.9 Å². The third-order valence-corrected chi connectivity index (χ3v) is 6.37. The number of halogens is 1. The lowest BCUT2D eigenvalue weighted by Crippen LogP contribution is -2.08. The molecule has 0 saturated heterocycles. The zero-order valence-electron chi connectivity index (χ0n) is 11.3. The van der Waals surface area contributed by atoms with Crippen LogP contribution in [-0.4, -0.2) is 31.4 Å². The Hall–Kier alpha value is -1.75. The first-order valence-corrected chi connectivity index (χ1v) is 9.89. The first-order valence-electron chi connectivity index (χ1n) is 6.17. The largest absolute Gasteiger partial charge is 0.329 e. The van der Waals surface area contributed by atoms with Crippen LogP contribution in [0.15, 0.2) is 61.9 Å². The van der Waals surface area contributed by atoms with Gasteiger partial charge in [-0.15, -0.1) is 0 Å². The fourth-order valence-corrected chi connectivity index (χ4v) is 5.18. The number of benzene rings is 1. The zero-order valence-corrected chi connectivity index (χ0v) is 14.5. The van der Waals surface area contributed by atoms with E-state index < -0.39 is 29.9 Å². The van der Waals surface area contributed by atoms with E-state index in [0.29, 0.717) is 4.60 Å². The van der Waals surface area contributed by atoms with Crippen molar-refractivity contribution in [1.82, 2.24) is 9.97 Å². The minimum absolute atomic E-state index is 0.00907. The summed E-state index contributed by atoms with van der Waals surface area (Å²) in [4.78, 5) is 5.67. The summed E-state index contributed by atoms with van der Waals surface area (Å²) in [6.07, 6.45) is 0. The lowest BCUT2D eigenvalue weighted by atomic mass is 10.3. The van der Waals surface area contributed by atoms with Crippen LogP contribution >= 0.6 is 15.9 Å². The fourth-order valence-electron chi connectivity index (χ4n) is 2.16. The number of aromatic nitrogens is 2. The molecule has 0 unspecified atom stereocenters. The molecule has 0 saturated carbocycles. The Morgan fingerprint density at radius 2 is 1.65 bits per heavy atom. The quantitative estimate of drug-likeness (QED) is 0.499. The summed E-state index contributed by atoms with van der Waals surface area (Å²) in [6.45, 7) is 0. The van der Waals surface area contributed by atoms with Gasteiger partial charge in [-0.25, -0.2) is 13.4 Å². The Labute approximate surface area is 140 Å². The minimum atomic E-state index is -4.79. The number of fused-ring (bicyclic) bond motifs is 1. The van der Waals surface area contributed by atoms with Crippen LogP contribution in [0.25, 0.3) is 11.0 Å². The van der Waals surface area contributed by atoms with E-state index in [0.717, 1.165) is 0 Å². The molecule has 120 valence electrons. The summed E-state index contributed by atoms with van der Waals surface area (Å²) < 4.78 is 58.7. The third kappa shape index (κ3) is 2.78. The molecule has 0 radical (unpaired) electrons. The van der Waals surface area contributed by atoms with E-state index in [9.17, 15) is 21.4 Å². The first-order chi connectivity index (χ1) is 10.7. The van der Waals surface area contributed by atoms with E-state index in [1.54, 1.807) is 6.07 Å². The van der Waals surface area contributed by atoms with E-state index in [1.807, 2.05) is 0 Å². The second-order valence-electron chi connectivity index (χ2n) is 4.60. The van der Waals surface area contributed by atoms with Gasteiger partial charge in [0.15, 0.2) is 5.03 Å². The number of hydrogen-bond acceptors (Lipinski definition) is 5. The van der Waals surface area contributed by atoms with E-state index in [4.69, 9.17) is 0 Å². The van der Waals surface area contributed by atoms with Gasteiger partial charge in [-0.2, -0.15) is 8.42 Å². The lowest BCUT2D eigenvalue weighted by molar-refractivity contribution is 0.480. The van der Waals surface area contributed by atoms with Crippen LogP contribution in [0.3, 0.4) is 0 Å². The Bertz CT molecular complexity index is 1110. The predicted octanol–water partition coefficient (Wildman–Crippen LogP) is 2.40. The van der Waals surface area contributed by atoms with Crippen LogP contribution < -0.4 is 0 Å². The molecule has 2 N–H and O–H groups in total. The van der Waals surface area contributed by atoms with Crippen LogP contribution in [0.2, 0.25) is 0 Å². The summed E-state index contributed by atoms with van der Waals surface area (Å²) in [7, 11) is -8.96. The van der Waals surface area contributed by atoms with Crippen molar-refractivity contribution in [2.24, 2.45) is 0 Å². The van der Waals surface area contributed by atoms with Crippen molar-refractivity contribution < 1.29 is 21.4 Å². The zero-order chi connectivity index (χ0) is 16.8. The van der Waals surface area contributed by atoms with Crippen LogP contribution in [0.5, 0.6) is 0 Å². The maximum Gasteiger partial charge on any atom is 0.298 e. The number of H-pyrrole nitrogens is 1. The predicted molar refractivity (Wildman–Crippen MR) is 85.5 cm³/mol. The Morgan fingerprint density at radius 3 is 2.26 bits per heavy atom. The summed E-state index contributed by atoms with van der Waals surface area (Å²) in [6, 6.07) is 10.1. The molecule has 0 aliphatic heterocycles. The lowest BCUT2D eigenvalue weighted by Gasteiger charge is -2.04. The molecule has 1 aromatic carbocycles. The Balaban J connectivity index is 2.43. The van der Waals surface area contributed by atoms with Gasteiger partial charge in [0.05, 0.1) is 4.90 Å². The highest BCUT2D eigenvalue weighted by Crippen LogP contribution is 2.33. The molecule has 0 bridgehead atoms. The Kier molecular flexibility index (Phi) is 3.79. The molecule has 23 heavy (non-hydrogen) atoms. The van der Waals surface area contributed by atoms with Crippen LogP contribution in [0.1, 0.15) is 0 Å². The second-order valence-corrected chi connectivity index (χ2v) is 8.66. The van der Waals surface area contributed by atoms with Gasteiger partial charge >= 0.3 is 0 Å². The molecule has 7 nitrogen and oxygen atoms in total. The minimum Gasteiger partial charge on any atom is -0.329 e. The first kappa shape index (κ1) is 16.1. The number of hydrogen-bond donors (Lipinski definition) is 2. The van der Waals surface area contributed by atoms with Crippen molar-refractivity contribution in [3.8, 4) is 0 Å². The van der Waals surface area contributed by atoms with Gasteiger partial charge in [0.25, 0.3) is 10.1 Å². The molecule has 0 fully saturated rings. The molecule has 2 heterocycles. The van der Waals surface area contributed by atoms with Crippen molar-refractivity contribution in [3.05, 3.63) is 47.1 Å². The number of nitrogens with zero attached hydrogens (tertiary/aromatic N) is 1. The van der Waals surface area contributed by atoms with Crippen molar-refractivity contribution in [2.45, 2.75) is 14.8 Å².